The van der Waals surface area contributed by atoms with Crippen molar-refractivity contribution in [2.75, 3.05) is 5.75 Å². The number of amides is 1. The van der Waals surface area contributed by atoms with E-state index in [4.69, 9.17) is 10.7 Å². The Bertz CT molecular complexity index is 832. The molecule has 1 N–H and O–H groups in total. The predicted molar refractivity (Wildman–Crippen MR) is 81.4 cm³/mol. The second kappa shape index (κ2) is 5.71. The van der Waals surface area contributed by atoms with E-state index in [1.54, 1.807) is 0 Å². The van der Waals surface area contributed by atoms with Crippen LogP contribution in [0.3, 0.4) is 0 Å². The Morgan fingerprint density at radius 2 is 2.00 bits per heavy atom. The first-order valence-corrected chi connectivity index (χ1v) is 10.4. The molecule has 0 aromatic heterocycles. The lowest BCUT2D eigenvalue weighted by Crippen LogP contribution is -2.35. The number of carbonyl (C=O) groups is 1. The Morgan fingerprint density at radius 3 is 2.52 bits per heavy atom. The van der Waals surface area contributed by atoms with Crippen molar-refractivity contribution in [2.45, 2.75) is 10.9 Å². The van der Waals surface area contributed by atoms with Crippen LogP contribution in [0.2, 0.25) is 0 Å². The highest BCUT2D eigenvalue weighted by Crippen LogP contribution is 2.22. The van der Waals surface area contributed by atoms with Crippen molar-refractivity contribution in [1.82, 2.24) is 5.32 Å². The molecule has 1 atom stereocenters. The smallest absolute Gasteiger partial charge is 0.261 e. The van der Waals surface area contributed by atoms with Crippen molar-refractivity contribution >= 4 is 51.4 Å². The highest BCUT2D eigenvalue weighted by Gasteiger charge is 2.24. The van der Waals surface area contributed by atoms with E-state index in [1.165, 1.54) is 18.2 Å². The van der Waals surface area contributed by atoms with Gasteiger partial charge in [-0.25, -0.2) is 16.8 Å². The van der Waals surface area contributed by atoms with Crippen LogP contribution < -0.4 is 5.32 Å². The molecular weight excluding hydrogens is 406 g/mol. The van der Waals surface area contributed by atoms with Gasteiger partial charge in [0.1, 0.15) is 0 Å². The standard InChI is InChI=1S/C11H9BrClNO5S2/c12-8-3-7(4-10(5-8)21(13,18)19)11(15)14-9-1-2-20(16,17)6-9/h1-5,9H,6H2,(H,14,15). The number of hydrogen-bond acceptors (Lipinski definition) is 5. The van der Waals surface area contributed by atoms with Gasteiger partial charge in [-0.1, -0.05) is 15.9 Å². The third-order valence-electron chi connectivity index (χ3n) is 2.66. The maximum atomic E-state index is 12.0. The van der Waals surface area contributed by atoms with Gasteiger partial charge in [-0.2, -0.15) is 0 Å². The summed E-state index contributed by atoms with van der Waals surface area (Å²) in [6.45, 7) is 0. The molecule has 10 heteroatoms. The monoisotopic (exact) mass is 413 g/mol. The van der Waals surface area contributed by atoms with E-state index in [9.17, 15) is 21.6 Å². The van der Waals surface area contributed by atoms with Gasteiger partial charge in [0.15, 0.2) is 9.84 Å². The topological polar surface area (TPSA) is 97.4 Å². The van der Waals surface area contributed by atoms with E-state index in [-0.39, 0.29) is 16.2 Å². The molecule has 6 nitrogen and oxygen atoms in total. The maximum Gasteiger partial charge on any atom is 0.261 e. The van der Waals surface area contributed by atoms with Crippen LogP contribution in [0.4, 0.5) is 0 Å². The molecule has 0 spiro atoms. The minimum Gasteiger partial charge on any atom is -0.345 e. The first kappa shape index (κ1) is 16.5. The molecule has 1 unspecified atom stereocenters. The number of nitrogens with one attached hydrogen (secondary N) is 1. The Kier molecular flexibility index (Phi) is 4.48. The fraction of sp³-hybridized carbons (Fsp3) is 0.182. The number of halogens is 2. The zero-order valence-corrected chi connectivity index (χ0v) is 14.3. The molecule has 114 valence electrons. The molecule has 1 heterocycles. The van der Waals surface area contributed by atoms with Gasteiger partial charge in [-0.3, -0.25) is 4.79 Å². The number of benzene rings is 1. The Labute approximate surface area is 134 Å². The van der Waals surface area contributed by atoms with Crippen molar-refractivity contribution < 1.29 is 21.6 Å². The SMILES string of the molecule is O=C(NC1C=CS(=O)(=O)C1)c1cc(Br)cc(S(=O)(=O)Cl)c1. The summed E-state index contributed by atoms with van der Waals surface area (Å²) in [4.78, 5) is 11.8. The number of sulfone groups is 1. The van der Waals surface area contributed by atoms with Crippen LogP contribution in [0.25, 0.3) is 0 Å². The maximum absolute atomic E-state index is 12.0. The molecule has 21 heavy (non-hydrogen) atoms. The minimum atomic E-state index is -3.97. The van der Waals surface area contributed by atoms with Gasteiger partial charge in [0.2, 0.25) is 0 Å². The molecule has 0 radical (unpaired) electrons. The lowest BCUT2D eigenvalue weighted by molar-refractivity contribution is 0.0947. The molecular formula is C11H9BrClNO5S2. The molecule has 0 aliphatic carbocycles. The van der Waals surface area contributed by atoms with Crippen molar-refractivity contribution in [3.63, 3.8) is 0 Å². The molecule has 1 aromatic rings. The zero-order chi connectivity index (χ0) is 15.8. The highest BCUT2D eigenvalue weighted by atomic mass is 79.9. The van der Waals surface area contributed by atoms with Crippen molar-refractivity contribution in [3.05, 3.63) is 39.7 Å². The van der Waals surface area contributed by atoms with Crippen LogP contribution in [0, 0.1) is 0 Å². The summed E-state index contributed by atoms with van der Waals surface area (Å²) >= 11 is 3.09. The van der Waals surface area contributed by atoms with Crippen molar-refractivity contribution in [2.24, 2.45) is 0 Å². The van der Waals surface area contributed by atoms with Crippen LogP contribution in [-0.4, -0.2) is 34.5 Å². The third kappa shape index (κ3) is 4.29. The van der Waals surface area contributed by atoms with E-state index in [0.717, 1.165) is 11.5 Å². The minimum absolute atomic E-state index is 0.0568. The Hall–Kier alpha value is -0.900. The lowest BCUT2D eigenvalue weighted by Gasteiger charge is -2.11. The first-order chi connectivity index (χ1) is 9.57. The second-order valence-corrected chi connectivity index (χ2v) is 9.76. The van der Waals surface area contributed by atoms with E-state index in [1.807, 2.05) is 0 Å². The van der Waals surface area contributed by atoms with Gasteiger partial charge in [0.05, 0.1) is 16.7 Å². The van der Waals surface area contributed by atoms with E-state index in [2.05, 4.69) is 21.2 Å². The molecule has 0 saturated carbocycles. The Morgan fingerprint density at radius 1 is 1.33 bits per heavy atom. The molecule has 1 aliphatic rings. The fourth-order valence-electron chi connectivity index (χ4n) is 1.75. The largest absolute Gasteiger partial charge is 0.345 e. The average Bonchev–Trinajstić information content (AvgIpc) is 2.66. The molecule has 1 amide bonds. The molecule has 0 fully saturated rings. The quantitative estimate of drug-likeness (QED) is 0.754. The van der Waals surface area contributed by atoms with Gasteiger partial charge in [0, 0.05) is 26.1 Å². The average molecular weight is 415 g/mol. The first-order valence-electron chi connectivity index (χ1n) is 5.54. The van der Waals surface area contributed by atoms with E-state index < -0.39 is 30.8 Å². The predicted octanol–water partition coefficient (Wildman–Crippen LogP) is 1.42. The van der Waals surface area contributed by atoms with Crippen LogP contribution >= 0.6 is 26.6 Å². The summed E-state index contributed by atoms with van der Waals surface area (Å²) in [6.07, 6.45) is 1.37. The number of rotatable bonds is 3. The van der Waals surface area contributed by atoms with Gasteiger partial charge >= 0.3 is 0 Å². The number of carbonyl (C=O) groups excluding carboxylic acids is 1. The summed E-state index contributed by atoms with van der Waals surface area (Å²) in [5.74, 6) is -0.808. The molecule has 1 aliphatic heterocycles. The van der Waals surface area contributed by atoms with Gasteiger partial charge in [-0.15, -0.1) is 0 Å². The van der Waals surface area contributed by atoms with Gasteiger partial charge in [-0.05, 0) is 24.3 Å². The summed E-state index contributed by atoms with van der Waals surface area (Å²) in [7, 11) is -2.02. The molecule has 0 saturated heterocycles. The highest BCUT2D eigenvalue weighted by molar-refractivity contribution is 9.10. The summed E-state index contributed by atoms with van der Waals surface area (Å²) in [5.41, 5.74) is 0.0568. The van der Waals surface area contributed by atoms with Crippen molar-refractivity contribution in [1.29, 1.82) is 0 Å². The summed E-state index contributed by atoms with van der Waals surface area (Å²) < 4.78 is 45.5. The zero-order valence-electron chi connectivity index (χ0n) is 10.3. The fourth-order valence-corrected chi connectivity index (χ4v) is 4.43. The molecule has 2 rings (SSSR count). The van der Waals surface area contributed by atoms with Crippen LogP contribution in [0.5, 0.6) is 0 Å². The normalized spacial score (nSPS) is 20.4. The van der Waals surface area contributed by atoms with Crippen LogP contribution in [0.15, 0.2) is 39.1 Å². The van der Waals surface area contributed by atoms with Gasteiger partial charge < -0.3 is 5.32 Å². The van der Waals surface area contributed by atoms with Gasteiger partial charge in [0.25, 0.3) is 15.0 Å². The van der Waals surface area contributed by atoms with E-state index >= 15 is 0 Å². The van der Waals surface area contributed by atoms with Crippen LogP contribution in [0.1, 0.15) is 10.4 Å². The molecule has 0 bridgehead atoms. The van der Waals surface area contributed by atoms with E-state index in [0.29, 0.717) is 4.47 Å². The summed E-state index contributed by atoms with van der Waals surface area (Å²) in [6, 6.07) is 3.15. The summed E-state index contributed by atoms with van der Waals surface area (Å²) in [5, 5.41) is 3.53. The second-order valence-electron chi connectivity index (χ2n) is 4.35. The molecule has 1 aromatic carbocycles. The van der Waals surface area contributed by atoms with Crippen LogP contribution in [-0.2, 0) is 18.9 Å². The number of hydrogen-bond donors (Lipinski definition) is 1. The third-order valence-corrected chi connectivity index (χ3v) is 5.85. The lowest BCUT2D eigenvalue weighted by atomic mass is 10.2. The Balaban J connectivity index is 2.25. The van der Waals surface area contributed by atoms with Crippen molar-refractivity contribution in [3.8, 4) is 0 Å².